The molecule has 1 aliphatic rings. The number of carbonyl (C=O) groups excluding carboxylic acids is 1. The Balaban J connectivity index is 1.64. The Morgan fingerprint density at radius 2 is 1.92 bits per heavy atom. The van der Waals surface area contributed by atoms with E-state index in [9.17, 15) is 10.1 Å². The second kappa shape index (κ2) is 6.61. The normalized spacial score (nSPS) is 15.3. The Morgan fingerprint density at radius 3 is 2.65 bits per heavy atom. The molecule has 0 radical (unpaired) electrons. The van der Waals surface area contributed by atoms with Crippen LogP contribution in [0.15, 0.2) is 59.9 Å². The lowest BCUT2D eigenvalue weighted by molar-refractivity contribution is 0.0888. The Bertz CT molecular complexity index is 1020. The number of benzene rings is 1. The van der Waals surface area contributed by atoms with Gasteiger partial charge < -0.3 is 5.32 Å². The molecule has 2 aromatic heterocycles. The van der Waals surface area contributed by atoms with Crippen LogP contribution in [0.4, 0.5) is 11.6 Å². The van der Waals surface area contributed by atoms with Crippen LogP contribution in [0.5, 0.6) is 0 Å². The van der Waals surface area contributed by atoms with Crippen molar-refractivity contribution < 1.29 is 4.79 Å². The number of hydrogen-bond acceptors (Lipinski definition) is 6. The van der Waals surface area contributed by atoms with Gasteiger partial charge in [-0.25, -0.2) is 4.99 Å². The van der Waals surface area contributed by atoms with Crippen LogP contribution in [0.1, 0.15) is 27.4 Å². The first-order valence-electron chi connectivity index (χ1n) is 8.07. The molecule has 0 saturated heterocycles. The maximum Gasteiger partial charge on any atom is 0.261 e. The summed E-state index contributed by atoms with van der Waals surface area (Å²) in [5.41, 5.74) is 2.09. The smallest absolute Gasteiger partial charge is 0.261 e. The number of fused-ring (bicyclic) bond motifs is 1. The molecule has 0 bridgehead atoms. The summed E-state index contributed by atoms with van der Waals surface area (Å²) in [6, 6.07) is 15.2. The van der Waals surface area contributed by atoms with Crippen LogP contribution in [-0.4, -0.2) is 26.9 Å². The molecule has 126 valence electrons. The van der Waals surface area contributed by atoms with E-state index < -0.39 is 5.92 Å². The summed E-state index contributed by atoms with van der Waals surface area (Å²) in [6.45, 7) is 0.466. The second-order valence-corrected chi connectivity index (χ2v) is 5.78. The molecule has 1 unspecified atom stereocenters. The Morgan fingerprint density at radius 1 is 1.15 bits per heavy atom. The molecule has 26 heavy (non-hydrogen) atoms. The van der Waals surface area contributed by atoms with Gasteiger partial charge in [0.05, 0.1) is 0 Å². The van der Waals surface area contributed by atoms with Crippen molar-refractivity contribution in [1.29, 1.82) is 5.26 Å². The van der Waals surface area contributed by atoms with Gasteiger partial charge in [0.1, 0.15) is 17.6 Å². The Kier molecular flexibility index (Phi) is 4.00. The minimum atomic E-state index is -0.511. The highest BCUT2D eigenvalue weighted by Crippen LogP contribution is 2.32. The van der Waals surface area contributed by atoms with Gasteiger partial charge in [-0.1, -0.05) is 30.3 Å². The molecular weight excluding hydrogens is 328 g/mol. The van der Waals surface area contributed by atoms with E-state index in [1.165, 1.54) is 4.68 Å². The molecule has 3 aromatic rings. The first-order valence-corrected chi connectivity index (χ1v) is 8.07. The van der Waals surface area contributed by atoms with Crippen molar-refractivity contribution in [3.05, 3.63) is 71.5 Å². The molecule has 1 aromatic carbocycles. The number of nitriles is 1. The highest BCUT2D eigenvalue weighted by Gasteiger charge is 2.30. The van der Waals surface area contributed by atoms with Crippen LogP contribution >= 0.6 is 0 Å². The summed E-state index contributed by atoms with van der Waals surface area (Å²) < 4.78 is 1.21. The average Bonchev–Trinajstić information content (AvgIpc) is 3.06. The molecule has 7 heteroatoms. The molecule has 0 fully saturated rings. The maximum atomic E-state index is 12.8. The largest absolute Gasteiger partial charge is 0.363 e. The van der Waals surface area contributed by atoms with Gasteiger partial charge in [-0.05, 0) is 23.3 Å². The van der Waals surface area contributed by atoms with Crippen LogP contribution < -0.4 is 5.32 Å². The molecule has 7 nitrogen and oxygen atoms in total. The average molecular weight is 342 g/mol. The van der Waals surface area contributed by atoms with Crippen molar-refractivity contribution in [2.24, 2.45) is 4.99 Å². The van der Waals surface area contributed by atoms with E-state index in [-0.39, 0.29) is 17.3 Å². The lowest BCUT2D eigenvalue weighted by atomic mass is 9.99. The van der Waals surface area contributed by atoms with Crippen LogP contribution in [0.25, 0.3) is 0 Å². The molecule has 4 rings (SSSR count). The summed E-state index contributed by atoms with van der Waals surface area (Å²) in [4.78, 5) is 21.1. The minimum absolute atomic E-state index is 0.227. The zero-order valence-electron chi connectivity index (χ0n) is 13.7. The van der Waals surface area contributed by atoms with Crippen molar-refractivity contribution in [1.82, 2.24) is 14.8 Å². The van der Waals surface area contributed by atoms with E-state index in [1.807, 2.05) is 42.5 Å². The van der Waals surface area contributed by atoms with Crippen LogP contribution in [0.2, 0.25) is 0 Å². The fourth-order valence-electron chi connectivity index (χ4n) is 2.82. The number of rotatable bonds is 4. The molecule has 0 aliphatic carbocycles. The van der Waals surface area contributed by atoms with Gasteiger partial charge in [0.2, 0.25) is 0 Å². The van der Waals surface area contributed by atoms with Gasteiger partial charge in [-0.3, -0.25) is 9.78 Å². The third-order valence-electron chi connectivity index (χ3n) is 4.16. The highest BCUT2D eigenvalue weighted by atomic mass is 16.2. The van der Waals surface area contributed by atoms with Crippen LogP contribution in [0, 0.1) is 11.3 Å². The van der Waals surface area contributed by atoms with Crippen molar-refractivity contribution in [3.8, 4) is 6.07 Å². The van der Waals surface area contributed by atoms with E-state index in [1.54, 1.807) is 18.6 Å². The van der Waals surface area contributed by atoms with E-state index in [0.717, 1.165) is 11.1 Å². The van der Waals surface area contributed by atoms with Crippen molar-refractivity contribution >= 4 is 23.8 Å². The number of nitrogens with one attached hydrogen (secondary N) is 1. The van der Waals surface area contributed by atoms with Crippen molar-refractivity contribution in [3.63, 3.8) is 0 Å². The second-order valence-electron chi connectivity index (χ2n) is 5.78. The summed E-state index contributed by atoms with van der Waals surface area (Å²) in [5.74, 6) is -0.127. The number of anilines is 1. The highest BCUT2D eigenvalue weighted by molar-refractivity contribution is 6.05. The van der Waals surface area contributed by atoms with Crippen molar-refractivity contribution in [2.45, 2.75) is 12.5 Å². The standard InChI is InChI=1S/C19H14N6O/c20-10-15-17(22-11-13-6-8-21-9-7-13)24-25-18(15)23-12-16(19(25)26)14-4-2-1-3-5-14/h1-9,12,16H,11H2,(H,22,24). The number of aliphatic imine (C=N–C) groups is 1. The predicted molar refractivity (Wildman–Crippen MR) is 96.5 cm³/mol. The zero-order chi connectivity index (χ0) is 17.9. The molecule has 1 atom stereocenters. The molecule has 0 amide bonds. The topological polar surface area (TPSA) is 96.0 Å². The van der Waals surface area contributed by atoms with Crippen LogP contribution in [0.3, 0.4) is 0 Å². The summed E-state index contributed by atoms with van der Waals surface area (Å²) >= 11 is 0. The fourth-order valence-corrected chi connectivity index (χ4v) is 2.82. The van der Waals surface area contributed by atoms with Gasteiger partial charge in [-0.15, -0.1) is 5.10 Å². The SMILES string of the molecule is N#Cc1c(NCc2ccncc2)nn2c1N=CC(c1ccccc1)C2=O. The minimum Gasteiger partial charge on any atom is -0.363 e. The number of pyridine rings is 1. The van der Waals surface area contributed by atoms with E-state index in [2.05, 4.69) is 26.5 Å². The summed E-state index contributed by atoms with van der Waals surface area (Å²) in [6.07, 6.45) is 4.96. The zero-order valence-corrected chi connectivity index (χ0v) is 13.7. The monoisotopic (exact) mass is 342 g/mol. The Labute approximate surface area is 149 Å². The maximum absolute atomic E-state index is 12.8. The summed E-state index contributed by atoms with van der Waals surface area (Å²) in [5, 5.41) is 16.9. The number of carbonyl (C=O) groups is 1. The lowest BCUT2D eigenvalue weighted by Gasteiger charge is -2.15. The lowest BCUT2D eigenvalue weighted by Crippen LogP contribution is -2.25. The first-order chi connectivity index (χ1) is 12.8. The third-order valence-corrected chi connectivity index (χ3v) is 4.16. The number of nitrogens with zero attached hydrogens (tertiary/aromatic N) is 5. The van der Waals surface area contributed by atoms with Crippen molar-refractivity contribution in [2.75, 3.05) is 5.32 Å². The van der Waals surface area contributed by atoms with E-state index >= 15 is 0 Å². The summed E-state index contributed by atoms with van der Waals surface area (Å²) in [7, 11) is 0. The molecule has 3 heterocycles. The third kappa shape index (κ3) is 2.74. The van der Waals surface area contributed by atoms with E-state index in [0.29, 0.717) is 12.4 Å². The molecule has 1 aliphatic heterocycles. The van der Waals surface area contributed by atoms with Gasteiger partial charge in [0, 0.05) is 25.2 Å². The van der Waals surface area contributed by atoms with Crippen LogP contribution in [-0.2, 0) is 6.54 Å². The molecule has 0 spiro atoms. The van der Waals surface area contributed by atoms with Gasteiger partial charge in [0.25, 0.3) is 5.91 Å². The quantitative estimate of drug-likeness (QED) is 0.786. The van der Waals surface area contributed by atoms with Gasteiger partial charge >= 0.3 is 0 Å². The molecule has 0 saturated carbocycles. The fraction of sp³-hybridized carbons (Fsp3) is 0.105. The predicted octanol–water partition coefficient (Wildman–Crippen LogP) is 2.90. The van der Waals surface area contributed by atoms with Gasteiger partial charge in [0.15, 0.2) is 11.6 Å². The molecular formula is C19H14N6O. The molecule has 1 N–H and O–H groups in total. The number of aromatic nitrogens is 3. The van der Waals surface area contributed by atoms with E-state index in [4.69, 9.17) is 0 Å². The number of hydrogen-bond donors (Lipinski definition) is 1. The Hall–Kier alpha value is -3.79. The van der Waals surface area contributed by atoms with Gasteiger partial charge in [-0.2, -0.15) is 9.94 Å². The first kappa shape index (κ1) is 15.7.